The molecule has 0 spiro atoms. The molecule has 0 saturated heterocycles. The molecule has 1 aromatic carbocycles. The fourth-order valence-corrected chi connectivity index (χ4v) is 1.50. The molecule has 0 aromatic heterocycles. The zero-order valence-electron chi connectivity index (χ0n) is 8.15. The molecule has 0 amide bonds. The van der Waals surface area contributed by atoms with Crippen LogP contribution in [-0.4, -0.2) is 21.7 Å². The van der Waals surface area contributed by atoms with E-state index in [1.807, 2.05) is 19.2 Å². The summed E-state index contributed by atoms with van der Waals surface area (Å²) in [4.78, 5) is 0. The molecular formula is C9H13NO3S. The van der Waals surface area contributed by atoms with Gasteiger partial charge in [0.15, 0.2) is 0 Å². The second-order valence-electron chi connectivity index (χ2n) is 2.96. The molecule has 0 radical (unpaired) electrons. The van der Waals surface area contributed by atoms with Crippen molar-refractivity contribution in [3.63, 3.8) is 0 Å². The number of hydrogen-bond acceptors (Lipinski definition) is 4. The summed E-state index contributed by atoms with van der Waals surface area (Å²) in [7, 11) is -1.57. The Kier molecular flexibility index (Phi) is 3.49. The van der Waals surface area contributed by atoms with Gasteiger partial charge in [-0.1, -0.05) is 12.1 Å². The minimum absolute atomic E-state index is 0.340. The highest BCUT2D eigenvalue weighted by Crippen LogP contribution is 2.13. The fourth-order valence-electron chi connectivity index (χ4n) is 1.04. The summed E-state index contributed by atoms with van der Waals surface area (Å²) in [6.07, 6.45) is 1.02. The summed E-state index contributed by atoms with van der Waals surface area (Å²) >= 11 is 0. The van der Waals surface area contributed by atoms with E-state index in [1.165, 1.54) is 0 Å². The molecule has 78 valence electrons. The Hall–Kier alpha value is -1.07. The van der Waals surface area contributed by atoms with Crippen LogP contribution in [0.25, 0.3) is 0 Å². The molecule has 0 aliphatic heterocycles. The molecule has 0 saturated carbocycles. The highest BCUT2D eigenvalue weighted by Gasteiger charge is 2.03. The topological polar surface area (TPSA) is 55.4 Å². The van der Waals surface area contributed by atoms with Gasteiger partial charge in [-0.05, 0) is 24.7 Å². The van der Waals surface area contributed by atoms with Gasteiger partial charge in [0.2, 0.25) is 0 Å². The number of benzene rings is 1. The van der Waals surface area contributed by atoms with Crippen molar-refractivity contribution in [2.24, 2.45) is 0 Å². The number of nitrogens with one attached hydrogen (secondary N) is 1. The van der Waals surface area contributed by atoms with Gasteiger partial charge in [-0.25, -0.2) is 0 Å². The summed E-state index contributed by atoms with van der Waals surface area (Å²) in [5, 5.41) is 2.99. The van der Waals surface area contributed by atoms with Gasteiger partial charge < -0.3 is 9.50 Å². The van der Waals surface area contributed by atoms with Gasteiger partial charge in [-0.2, -0.15) is 8.42 Å². The van der Waals surface area contributed by atoms with Crippen LogP contribution >= 0.6 is 0 Å². The van der Waals surface area contributed by atoms with Gasteiger partial charge in [0.1, 0.15) is 5.75 Å². The molecule has 1 N–H and O–H groups in total. The molecule has 5 heteroatoms. The Morgan fingerprint density at radius 2 is 1.86 bits per heavy atom. The van der Waals surface area contributed by atoms with Crippen molar-refractivity contribution in [2.75, 3.05) is 13.3 Å². The van der Waals surface area contributed by atoms with Crippen LogP contribution in [-0.2, 0) is 16.7 Å². The number of rotatable bonds is 4. The highest BCUT2D eigenvalue weighted by atomic mass is 32.2. The second kappa shape index (κ2) is 4.43. The van der Waals surface area contributed by atoms with E-state index in [9.17, 15) is 8.42 Å². The minimum Gasteiger partial charge on any atom is -0.383 e. The lowest BCUT2D eigenvalue weighted by Gasteiger charge is -2.03. The van der Waals surface area contributed by atoms with Gasteiger partial charge in [0.05, 0.1) is 6.26 Å². The van der Waals surface area contributed by atoms with E-state index in [1.54, 1.807) is 12.1 Å². The van der Waals surface area contributed by atoms with Gasteiger partial charge in [0, 0.05) is 6.54 Å². The predicted octanol–water partition coefficient (Wildman–Crippen LogP) is 0.744. The van der Waals surface area contributed by atoms with Crippen LogP contribution in [0.15, 0.2) is 24.3 Å². The van der Waals surface area contributed by atoms with Crippen molar-refractivity contribution in [3.8, 4) is 5.75 Å². The monoisotopic (exact) mass is 215 g/mol. The standard InChI is InChI=1S/C9H13NO3S/c1-10-7-8-3-5-9(6-4-8)13-14(2,11)12/h3-6,10H,7H2,1-2H3. The lowest BCUT2D eigenvalue weighted by molar-refractivity contribution is 0.493. The molecule has 0 aliphatic carbocycles. The lowest BCUT2D eigenvalue weighted by atomic mass is 10.2. The summed E-state index contributed by atoms with van der Waals surface area (Å²) in [6, 6.07) is 6.90. The largest absolute Gasteiger partial charge is 0.383 e. The third kappa shape index (κ3) is 3.76. The molecule has 0 aliphatic rings. The van der Waals surface area contributed by atoms with E-state index in [0.29, 0.717) is 5.75 Å². The van der Waals surface area contributed by atoms with E-state index in [4.69, 9.17) is 0 Å². The Morgan fingerprint density at radius 3 is 2.29 bits per heavy atom. The summed E-state index contributed by atoms with van der Waals surface area (Å²) in [6.45, 7) is 0.749. The van der Waals surface area contributed by atoms with Crippen molar-refractivity contribution in [1.82, 2.24) is 5.32 Å². The van der Waals surface area contributed by atoms with Crippen LogP contribution in [0, 0.1) is 0 Å². The third-order valence-electron chi connectivity index (χ3n) is 1.55. The van der Waals surface area contributed by atoms with E-state index < -0.39 is 10.1 Å². The van der Waals surface area contributed by atoms with Crippen LogP contribution in [0.1, 0.15) is 5.56 Å². The Bertz CT molecular complexity index is 383. The Balaban J connectivity index is 2.74. The van der Waals surface area contributed by atoms with E-state index in [2.05, 4.69) is 9.50 Å². The van der Waals surface area contributed by atoms with Crippen LogP contribution < -0.4 is 9.50 Å². The first-order chi connectivity index (χ1) is 6.51. The SMILES string of the molecule is CNCc1ccc(OS(C)(=O)=O)cc1. The molecule has 0 fully saturated rings. The van der Waals surface area contributed by atoms with E-state index >= 15 is 0 Å². The Labute approximate surface area is 84.0 Å². The molecule has 1 aromatic rings. The van der Waals surface area contributed by atoms with Gasteiger partial charge in [-0.15, -0.1) is 0 Å². The molecule has 0 heterocycles. The maximum Gasteiger partial charge on any atom is 0.306 e. The molecule has 0 atom stereocenters. The average molecular weight is 215 g/mol. The first-order valence-electron chi connectivity index (χ1n) is 4.14. The zero-order chi connectivity index (χ0) is 10.6. The molecular weight excluding hydrogens is 202 g/mol. The molecule has 0 bridgehead atoms. The minimum atomic E-state index is -3.42. The Morgan fingerprint density at radius 1 is 1.29 bits per heavy atom. The first kappa shape index (κ1) is 11.0. The van der Waals surface area contributed by atoms with Crippen molar-refractivity contribution >= 4 is 10.1 Å². The van der Waals surface area contributed by atoms with Crippen LogP contribution in [0.4, 0.5) is 0 Å². The van der Waals surface area contributed by atoms with Crippen LogP contribution in [0.5, 0.6) is 5.75 Å². The maximum atomic E-state index is 10.8. The quantitative estimate of drug-likeness (QED) is 0.753. The second-order valence-corrected chi connectivity index (χ2v) is 4.54. The summed E-state index contributed by atoms with van der Waals surface area (Å²) in [5.74, 6) is 0.340. The highest BCUT2D eigenvalue weighted by molar-refractivity contribution is 7.86. The third-order valence-corrected chi connectivity index (χ3v) is 2.05. The van der Waals surface area contributed by atoms with Crippen molar-refractivity contribution in [3.05, 3.63) is 29.8 Å². The molecule has 4 nitrogen and oxygen atoms in total. The first-order valence-corrected chi connectivity index (χ1v) is 5.96. The normalized spacial score (nSPS) is 11.3. The molecule has 1 rings (SSSR count). The lowest BCUT2D eigenvalue weighted by Crippen LogP contribution is -2.07. The van der Waals surface area contributed by atoms with Crippen molar-refractivity contribution in [1.29, 1.82) is 0 Å². The smallest absolute Gasteiger partial charge is 0.306 e. The van der Waals surface area contributed by atoms with Crippen molar-refractivity contribution in [2.45, 2.75) is 6.54 Å². The predicted molar refractivity (Wildman–Crippen MR) is 54.7 cm³/mol. The van der Waals surface area contributed by atoms with Crippen molar-refractivity contribution < 1.29 is 12.6 Å². The molecule has 14 heavy (non-hydrogen) atoms. The zero-order valence-corrected chi connectivity index (χ0v) is 8.97. The average Bonchev–Trinajstić information content (AvgIpc) is 2.06. The van der Waals surface area contributed by atoms with Gasteiger partial charge in [-0.3, -0.25) is 0 Å². The van der Waals surface area contributed by atoms with Crippen LogP contribution in [0.2, 0.25) is 0 Å². The fraction of sp³-hybridized carbons (Fsp3) is 0.333. The number of hydrogen-bond donors (Lipinski definition) is 1. The summed E-state index contributed by atoms with van der Waals surface area (Å²) in [5.41, 5.74) is 1.08. The van der Waals surface area contributed by atoms with E-state index in [-0.39, 0.29) is 0 Å². The van der Waals surface area contributed by atoms with Crippen LogP contribution in [0.3, 0.4) is 0 Å². The van der Waals surface area contributed by atoms with Gasteiger partial charge in [0.25, 0.3) is 0 Å². The summed E-state index contributed by atoms with van der Waals surface area (Å²) < 4.78 is 26.2. The molecule has 0 unspecified atom stereocenters. The van der Waals surface area contributed by atoms with Gasteiger partial charge >= 0.3 is 10.1 Å². The maximum absolute atomic E-state index is 10.8. The van der Waals surface area contributed by atoms with E-state index in [0.717, 1.165) is 18.4 Å².